The van der Waals surface area contributed by atoms with Crippen LogP contribution in [-0.2, 0) is 23.9 Å². The highest BCUT2D eigenvalue weighted by atomic mass is 32.1. The number of thiazole rings is 1. The second-order valence-electron chi connectivity index (χ2n) is 11.9. The fourth-order valence-electron chi connectivity index (χ4n) is 5.61. The van der Waals surface area contributed by atoms with Gasteiger partial charge in [-0.3, -0.25) is 0 Å². The van der Waals surface area contributed by atoms with E-state index in [1.54, 1.807) is 17.6 Å². The van der Waals surface area contributed by atoms with Crippen LogP contribution in [0, 0.1) is 29.8 Å². The Morgan fingerprint density at radius 1 is 1.11 bits per heavy atom. The Morgan fingerprint density at radius 2 is 1.87 bits per heavy atom. The Morgan fingerprint density at radius 3 is 2.53 bits per heavy atom. The van der Waals surface area contributed by atoms with Crippen molar-refractivity contribution < 1.29 is 45.7 Å². The number of aromatic carboxylic acids is 1. The molecule has 1 aliphatic heterocycles. The van der Waals surface area contributed by atoms with Crippen LogP contribution >= 0.6 is 11.3 Å². The van der Waals surface area contributed by atoms with Gasteiger partial charge in [0.1, 0.15) is 33.6 Å². The highest BCUT2D eigenvalue weighted by molar-refractivity contribution is 7.11. The Hall–Kier alpha value is -4.50. The number of hydrogen-bond donors (Lipinski definition) is 1. The summed E-state index contributed by atoms with van der Waals surface area (Å²) in [7, 11) is 0. The van der Waals surface area contributed by atoms with Crippen LogP contribution in [0.15, 0.2) is 42.6 Å². The van der Waals surface area contributed by atoms with Crippen molar-refractivity contribution in [3.8, 4) is 17.1 Å². The van der Waals surface area contributed by atoms with Gasteiger partial charge in [-0.05, 0) is 48.4 Å². The molecule has 0 bridgehead atoms. The van der Waals surface area contributed by atoms with Crippen LogP contribution in [0.2, 0.25) is 0 Å². The van der Waals surface area contributed by atoms with Gasteiger partial charge in [-0.15, -0.1) is 11.3 Å². The van der Waals surface area contributed by atoms with E-state index in [1.165, 1.54) is 18.2 Å². The standard InChI is InChI=1S/C32H26F6N4O4S/c1-15-6-16(9-26-41-28-21(35)7-17(30(43)44)8-23(28)42(26)24-12-45-14-31(24,2)3)20(34)10-18(15)22-5-4-19(33)29(40-22)46-13-27-39-11-25(47-27)32(36,37)38/h4-8,10-11,24H,9,12-14H2,1-3H3,(H,43,44)/t24-/m1/s1. The van der Waals surface area contributed by atoms with E-state index in [9.17, 15) is 27.5 Å². The van der Waals surface area contributed by atoms with Gasteiger partial charge in [0, 0.05) is 17.4 Å². The number of pyridine rings is 1. The number of aromatic nitrogens is 4. The lowest BCUT2D eigenvalue weighted by molar-refractivity contribution is -0.134. The molecule has 3 aromatic heterocycles. The van der Waals surface area contributed by atoms with Gasteiger partial charge < -0.3 is 19.1 Å². The molecular formula is C32H26F6N4O4S. The van der Waals surface area contributed by atoms with Crippen molar-refractivity contribution in [3.05, 3.63) is 92.4 Å². The summed E-state index contributed by atoms with van der Waals surface area (Å²) in [6, 6.07) is 7.04. The smallest absolute Gasteiger partial charge is 0.427 e. The van der Waals surface area contributed by atoms with E-state index >= 15 is 8.78 Å². The summed E-state index contributed by atoms with van der Waals surface area (Å²) >= 11 is 0.363. The summed E-state index contributed by atoms with van der Waals surface area (Å²) in [6.07, 6.45) is -3.98. The number of aryl methyl sites for hydroxylation is 1. The van der Waals surface area contributed by atoms with Gasteiger partial charge >= 0.3 is 12.1 Å². The van der Waals surface area contributed by atoms with Gasteiger partial charge in [-0.25, -0.2) is 32.9 Å². The third kappa shape index (κ3) is 6.29. The number of carboxylic acid groups (broad SMARTS) is 1. The van der Waals surface area contributed by atoms with Gasteiger partial charge in [-0.2, -0.15) is 13.2 Å². The van der Waals surface area contributed by atoms with Gasteiger partial charge in [0.25, 0.3) is 5.88 Å². The maximum Gasteiger partial charge on any atom is 0.427 e. The number of carbonyl (C=O) groups is 1. The normalized spacial score (nSPS) is 16.2. The lowest BCUT2D eigenvalue weighted by atomic mass is 9.87. The van der Waals surface area contributed by atoms with Crippen LogP contribution < -0.4 is 4.74 Å². The van der Waals surface area contributed by atoms with E-state index < -0.39 is 52.4 Å². The molecule has 0 radical (unpaired) electrons. The lowest BCUT2D eigenvalue weighted by Gasteiger charge is -2.28. The van der Waals surface area contributed by atoms with Crippen molar-refractivity contribution in [3.63, 3.8) is 0 Å². The maximum atomic E-state index is 15.8. The highest BCUT2D eigenvalue weighted by Crippen LogP contribution is 2.41. The molecule has 1 fully saturated rings. The van der Waals surface area contributed by atoms with E-state index in [0.717, 1.165) is 12.1 Å². The van der Waals surface area contributed by atoms with Crippen LogP contribution in [0.1, 0.15) is 57.1 Å². The number of nitrogens with zero attached hydrogens (tertiary/aromatic N) is 4. The Kier molecular flexibility index (Phi) is 8.24. The number of benzene rings is 2. The molecule has 246 valence electrons. The SMILES string of the molecule is Cc1cc(Cc2nc3c(F)cc(C(=O)O)cc3n2[C@@H]2COCC2(C)C)c(F)cc1-c1ccc(F)c(OCc2ncc(C(F)(F)F)s2)n1. The average molecular weight is 677 g/mol. The van der Waals surface area contributed by atoms with Crippen LogP contribution in [0.4, 0.5) is 26.3 Å². The lowest BCUT2D eigenvalue weighted by Crippen LogP contribution is -2.27. The van der Waals surface area contributed by atoms with Crippen LogP contribution in [0.25, 0.3) is 22.3 Å². The summed E-state index contributed by atoms with van der Waals surface area (Å²) in [4.78, 5) is 23.1. The van der Waals surface area contributed by atoms with E-state index in [2.05, 4.69) is 15.0 Å². The first-order valence-corrected chi connectivity index (χ1v) is 15.1. The van der Waals surface area contributed by atoms with Crippen LogP contribution in [0.5, 0.6) is 5.88 Å². The molecule has 5 aromatic rings. The van der Waals surface area contributed by atoms with Gasteiger partial charge in [0.15, 0.2) is 11.6 Å². The topological polar surface area (TPSA) is 99.4 Å². The van der Waals surface area contributed by atoms with E-state index in [0.29, 0.717) is 41.1 Å². The van der Waals surface area contributed by atoms with E-state index in [4.69, 9.17) is 9.47 Å². The average Bonchev–Trinajstić information content (AvgIpc) is 3.71. The minimum absolute atomic E-state index is 0.0341. The number of ether oxygens (including phenoxy) is 2. The number of carboxylic acids is 1. The minimum atomic E-state index is -4.57. The molecule has 15 heteroatoms. The first-order valence-electron chi connectivity index (χ1n) is 14.2. The molecule has 1 saturated heterocycles. The van der Waals surface area contributed by atoms with Gasteiger partial charge in [0.05, 0.1) is 42.2 Å². The first-order chi connectivity index (χ1) is 22.1. The molecular weight excluding hydrogens is 650 g/mol. The van der Waals surface area contributed by atoms with Crippen molar-refractivity contribution in [1.29, 1.82) is 0 Å². The number of hydrogen-bond acceptors (Lipinski definition) is 7. The number of fused-ring (bicyclic) bond motifs is 1. The first kappa shape index (κ1) is 32.4. The molecule has 0 spiro atoms. The van der Waals surface area contributed by atoms with Crippen molar-refractivity contribution in [2.24, 2.45) is 5.41 Å². The summed E-state index contributed by atoms with van der Waals surface area (Å²) in [5, 5.41) is 9.52. The second-order valence-corrected chi connectivity index (χ2v) is 13.0. The van der Waals surface area contributed by atoms with Crippen molar-refractivity contribution in [1.82, 2.24) is 19.5 Å². The third-order valence-electron chi connectivity index (χ3n) is 8.03. The quantitative estimate of drug-likeness (QED) is 0.168. The number of alkyl halides is 3. The molecule has 1 N–H and O–H groups in total. The third-order valence-corrected chi connectivity index (χ3v) is 9.04. The van der Waals surface area contributed by atoms with Crippen LogP contribution in [-0.4, -0.2) is 43.8 Å². The molecule has 0 aliphatic carbocycles. The predicted octanol–water partition coefficient (Wildman–Crippen LogP) is 7.76. The number of halogens is 6. The summed E-state index contributed by atoms with van der Waals surface area (Å²) in [6.45, 7) is 5.81. The van der Waals surface area contributed by atoms with Crippen LogP contribution in [0.3, 0.4) is 0 Å². The summed E-state index contributed by atoms with van der Waals surface area (Å²) in [5.74, 6) is -3.84. The van der Waals surface area contributed by atoms with Crippen molar-refractivity contribution in [2.45, 2.75) is 46.0 Å². The molecule has 8 nitrogen and oxygen atoms in total. The van der Waals surface area contributed by atoms with Gasteiger partial charge in [-0.1, -0.05) is 19.9 Å². The Balaban J connectivity index is 1.33. The molecule has 0 unspecified atom stereocenters. The van der Waals surface area contributed by atoms with Crippen molar-refractivity contribution >= 4 is 28.3 Å². The largest absolute Gasteiger partial charge is 0.478 e. The fourth-order valence-corrected chi connectivity index (χ4v) is 6.31. The monoisotopic (exact) mass is 676 g/mol. The summed E-state index contributed by atoms with van der Waals surface area (Å²) in [5.41, 5.74) is 0.750. The molecule has 47 heavy (non-hydrogen) atoms. The molecule has 2 aromatic carbocycles. The molecule has 4 heterocycles. The number of rotatable bonds is 8. The zero-order chi connectivity index (χ0) is 33.8. The number of imidazole rings is 1. The zero-order valence-electron chi connectivity index (χ0n) is 25.1. The minimum Gasteiger partial charge on any atom is -0.478 e. The van der Waals surface area contributed by atoms with E-state index in [-0.39, 0.29) is 51.9 Å². The Labute approximate surface area is 267 Å². The maximum absolute atomic E-state index is 15.8. The highest BCUT2D eigenvalue weighted by Gasteiger charge is 2.39. The fraction of sp³-hybridized carbons (Fsp3) is 0.312. The van der Waals surface area contributed by atoms with E-state index in [1.807, 2.05) is 13.8 Å². The second kappa shape index (κ2) is 11.9. The summed E-state index contributed by atoms with van der Waals surface area (Å²) < 4.78 is 96.9. The Bertz CT molecular complexity index is 2020. The molecule has 1 atom stereocenters. The molecule has 0 amide bonds. The molecule has 6 rings (SSSR count). The predicted molar refractivity (Wildman–Crippen MR) is 159 cm³/mol. The van der Waals surface area contributed by atoms with Crippen molar-refractivity contribution in [2.75, 3.05) is 13.2 Å². The van der Waals surface area contributed by atoms with Gasteiger partial charge in [0.2, 0.25) is 0 Å². The zero-order valence-corrected chi connectivity index (χ0v) is 25.9. The molecule has 1 aliphatic rings. The molecule has 0 saturated carbocycles.